The number of hydrogen-bond acceptors (Lipinski definition) is 3. The maximum Gasteiger partial charge on any atom is 0.262 e. The van der Waals surface area contributed by atoms with Crippen molar-refractivity contribution < 1.29 is 12.8 Å². The first kappa shape index (κ1) is 15.3. The lowest BCUT2D eigenvalue weighted by molar-refractivity contribution is 0.598. The van der Waals surface area contributed by atoms with Crippen LogP contribution in [0.15, 0.2) is 35.2 Å². The minimum absolute atomic E-state index is 0.0564. The van der Waals surface area contributed by atoms with Crippen molar-refractivity contribution in [3.63, 3.8) is 0 Å². The predicted octanol–water partition coefficient (Wildman–Crippen LogP) is 3.13. The smallest absolute Gasteiger partial charge is 0.262 e. The summed E-state index contributed by atoms with van der Waals surface area (Å²) in [6.07, 6.45) is 0. The van der Waals surface area contributed by atoms with Crippen molar-refractivity contribution in [2.75, 3.05) is 10.5 Å². The monoisotopic (exact) mass is 308 g/mol. The Bertz CT molecular complexity index is 802. The average Bonchev–Trinajstić information content (AvgIpc) is 2.37. The van der Waals surface area contributed by atoms with Gasteiger partial charge in [0.2, 0.25) is 0 Å². The van der Waals surface area contributed by atoms with E-state index in [4.69, 9.17) is 5.73 Å². The van der Waals surface area contributed by atoms with Crippen LogP contribution in [-0.2, 0) is 10.0 Å². The van der Waals surface area contributed by atoms with E-state index >= 15 is 0 Å². The first-order valence-electron chi connectivity index (χ1n) is 6.36. The zero-order chi connectivity index (χ0) is 15.8. The average molecular weight is 308 g/mol. The van der Waals surface area contributed by atoms with Crippen molar-refractivity contribution in [2.45, 2.75) is 25.7 Å². The van der Waals surface area contributed by atoms with Gasteiger partial charge < -0.3 is 5.73 Å². The van der Waals surface area contributed by atoms with Crippen LogP contribution in [0.25, 0.3) is 0 Å². The Kier molecular flexibility index (Phi) is 3.91. The first-order chi connectivity index (χ1) is 9.70. The summed E-state index contributed by atoms with van der Waals surface area (Å²) in [6, 6.07) is 7.46. The van der Waals surface area contributed by atoms with Gasteiger partial charge in [-0.05, 0) is 61.7 Å². The van der Waals surface area contributed by atoms with Crippen LogP contribution in [0.1, 0.15) is 16.7 Å². The maximum atomic E-state index is 13.7. The van der Waals surface area contributed by atoms with Gasteiger partial charge in [0.25, 0.3) is 10.0 Å². The highest BCUT2D eigenvalue weighted by Crippen LogP contribution is 2.26. The molecule has 0 spiro atoms. The molecule has 0 unspecified atom stereocenters. The van der Waals surface area contributed by atoms with Crippen molar-refractivity contribution in [1.82, 2.24) is 0 Å². The number of nitrogen functional groups attached to an aromatic ring is 1. The number of nitrogens with one attached hydrogen (secondary N) is 1. The molecule has 2 rings (SSSR count). The molecular weight excluding hydrogens is 291 g/mol. The third-order valence-corrected chi connectivity index (χ3v) is 4.69. The Hall–Kier alpha value is -2.08. The molecule has 0 amide bonds. The first-order valence-corrected chi connectivity index (χ1v) is 7.85. The van der Waals surface area contributed by atoms with Crippen molar-refractivity contribution in [1.29, 1.82) is 0 Å². The van der Waals surface area contributed by atoms with E-state index in [1.54, 1.807) is 32.9 Å². The van der Waals surface area contributed by atoms with Crippen LogP contribution >= 0.6 is 0 Å². The maximum absolute atomic E-state index is 13.7. The normalized spacial score (nSPS) is 11.4. The fourth-order valence-electron chi connectivity index (χ4n) is 2.05. The molecule has 0 radical (unpaired) electrons. The van der Waals surface area contributed by atoms with Gasteiger partial charge in [0.15, 0.2) is 0 Å². The van der Waals surface area contributed by atoms with Gasteiger partial charge in [0.05, 0.1) is 10.6 Å². The molecular formula is C15H17FN2O2S. The van der Waals surface area contributed by atoms with Crippen LogP contribution in [0.3, 0.4) is 0 Å². The molecule has 2 aromatic rings. The lowest BCUT2D eigenvalue weighted by Crippen LogP contribution is -2.16. The fraction of sp³-hybridized carbons (Fsp3) is 0.200. The van der Waals surface area contributed by atoms with E-state index < -0.39 is 15.8 Å². The van der Waals surface area contributed by atoms with Crippen LogP contribution in [0.2, 0.25) is 0 Å². The zero-order valence-corrected chi connectivity index (χ0v) is 12.9. The summed E-state index contributed by atoms with van der Waals surface area (Å²) >= 11 is 0. The van der Waals surface area contributed by atoms with E-state index in [1.165, 1.54) is 18.2 Å². The van der Waals surface area contributed by atoms with Gasteiger partial charge in [0, 0.05) is 5.69 Å². The molecule has 112 valence electrons. The molecule has 2 aromatic carbocycles. The molecule has 0 atom stereocenters. The summed E-state index contributed by atoms with van der Waals surface area (Å²) in [5, 5.41) is 0. The molecule has 0 heterocycles. The van der Waals surface area contributed by atoms with E-state index in [0.29, 0.717) is 11.3 Å². The second-order valence-electron chi connectivity index (χ2n) is 5.07. The summed E-state index contributed by atoms with van der Waals surface area (Å²) in [4.78, 5) is 0.0564. The summed E-state index contributed by atoms with van der Waals surface area (Å²) in [5.41, 5.74) is 8.04. The minimum Gasteiger partial charge on any atom is -0.398 e. The summed E-state index contributed by atoms with van der Waals surface area (Å²) < 4.78 is 40.9. The third-order valence-electron chi connectivity index (χ3n) is 3.20. The number of hydrogen-bond donors (Lipinski definition) is 2. The highest BCUT2D eigenvalue weighted by molar-refractivity contribution is 7.92. The Morgan fingerprint density at radius 3 is 2.38 bits per heavy atom. The van der Waals surface area contributed by atoms with Gasteiger partial charge in [-0.25, -0.2) is 12.8 Å². The molecule has 0 aliphatic carbocycles. The standard InChI is InChI=1S/C15H17FN2O2S/c1-9-4-5-12(16)14(7-9)18-21(19,20)15-8-10(2)6-13(17)11(15)3/h4-8,18H,17H2,1-3H3. The van der Waals surface area contributed by atoms with Crippen molar-refractivity contribution in [3.8, 4) is 0 Å². The fourth-order valence-corrected chi connectivity index (χ4v) is 3.47. The topological polar surface area (TPSA) is 72.2 Å². The van der Waals surface area contributed by atoms with Gasteiger partial charge in [-0.2, -0.15) is 0 Å². The molecule has 3 N–H and O–H groups in total. The van der Waals surface area contributed by atoms with E-state index in [2.05, 4.69) is 4.72 Å². The van der Waals surface area contributed by atoms with E-state index in [0.717, 1.165) is 11.1 Å². The van der Waals surface area contributed by atoms with Crippen LogP contribution in [0.4, 0.5) is 15.8 Å². The molecule has 0 aromatic heterocycles. The SMILES string of the molecule is Cc1ccc(F)c(NS(=O)(=O)c2cc(C)cc(N)c2C)c1. The molecule has 21 heavy (non-hydrogen) atoms. The predicted molar refractivity (Wildman–Crippen MR) is 82.3 cm³/mol. The molecule has 0 aliphatic heterocycles. The Morgan fingerprint density at radius 1 is 1.05 bits per heavy atom. The number of benzene rings is 2. The van der Waals surface area contributed by atoms with Crippen LogP contribution in [0, 0.1) is 26.6 Å². The van der Waals surface area contributed by atoms with Gasteiger partial charge in [-0.1, -0.05) is 6.07 Å². The largest absolute Gasteiger partial charge is 0.398 e. The molecule has 6 heteroatoms. The lowest BCUT2D eigenvalue weighted by atomic mass is 10.1. The van der Waals surface area contributed by atoms with E-state index in [9.17, 15) is 12.8 Å². The Balaban J connectivity index is 2.51. The highest BCUT2D eigenvalue weighted by atomic mass is 32.2. The number of aryl methyl sites for hydroxylation is 2. The van der Waals surface area contributed by atoms with Crippen LogP contribution < -0.4 is 10.5 Å². The van der Waals surface area contributed by atoms with Gasteiger partial charge in [-0.15, -0.1) is 0 Å². The van der Waals surface area contributed by atoms with E-state index in [-0.39, 0.29) is 10.6 Å². The third kappa shape index (κ3) is 3.16. The molecule has 0 saturated carbocycles. The summed E-state index contributed by atoms with van der Waals surface area (Å²) in [5.74, 6) is -0.623. The molecule has 4 nitrogen and oxygen atoms in total. The Morgan fingerprint density at radius 2 is 1.71 bits per heavy atom. The van der Waals surface area contributed by atoms with Gasteiger partial charge >= 0.3 is 0 Å². The van der Waals surface area contributed by atoms with Crippen molar-refractivity contribution in [2.24, 2.45) is 0 Å². The summed E-state index contributed by atoms with van der Waals surface area (Å²) in [6.45, 7) is 5.13. The number of anilines is 2. The Labute approximate surface area is 123 Å². The van der Waals surface area contributed by atoms with Crippen molar-refractivity contribution >= 4 is 21.4 Å². The molecule has 0 aliphatic rings. The number of halogens is 1. The highest BCUT2D eigenvalue weighted by Gasteiger charge is 2.20. The number of sulfonamides is 1. The second-order valence-corrected chi connectivity index (χ2v) is 6.72. The van der Waals surface area contributed by atoms with E-state index in [1.807, 2.05) is 0 Å². The van der Waals surface area contributed by atoms with Crippen LogP contribution in [0.5, 0.6) is 0 Å². The summed E-state index contributed by atoms with van der Waals surface area (Å²) in [7, 11) is -3.90. The number of rotatable bonds is 3. The molecule has 0 fully saturated rings. The minimum atomic E-state index is -3.90. The van der Waals surface area contributed by atoms with Gasteiger partial charge in [0.1, 0.15) is 5.82 Å². The lowest BCUT2D eigenvalue weighted by Gasteiger charge is -2.13. The van der Waals surface area contributed by atoms with Crippen molar-refractivity contribution in [3.05, 3.63) is 52.8 Å². The second kappa shape index (κ2) is 5.37. The quantitative estimate of drug-likeness (QED) is 0.856. The van der Waals surface area contributed by atoms with Gasteiger partial charge in [-0.3, -0.25) is 4.72 Å². The molecule has 0 saturated heterocycles. The number of nitrogens with two attached hydrogens (primary N) is 1. The van der Waals surface area contributed by atoms with Crippen LogP contribution in [-0.4, -0.2) is 8.42 Å². The molecule has 0 bridgehead atoms. The zero-order valence-electron chi connectivity index (χ0n) is 12.1.